The summed E-state index contributed by atoms with van der Waals surface area (Å²) >= 11 is 0. The molecule has 1 heterocycles. The zero-order valence-electron chi connectivity index (χ0n) is 9.18. The average Bonchev–Trinajstić information content (AvgIpc) is 2.25. The van der Waals surface area contributed by atoms with Crippen LogP contribution in [0.25, 0.3) is 0 Å². The van der Waals surface area contributed by atoms with Crippen LogP contribution in [-0.2, 0) is 0 Å². The molecule has 0 radical (unpaired) electrons. The van der Waals surface area contributed by atoms with Gasteiger partial charge in [0.1, 0.15) is 0 Å². The van der Waals surface area contributed by atoms with Crippen LogP contribution in [0.4, 0.5) is 23.5 Å². The van der Waals surface area contributed by atoms with Gasteiger partial charge in [-0.3, -0.25) is 0 Å². The quantitative estimate of drug-likeness (QED) is 0.816. The number of anilines is 1. The number of hydrogen-bond acceptors (Lipinski definition) is 4. The van der Waals surface area contributed by atoms with E-state index >= 15 is 0 Å². The molecule has 0 aromatic carbocycles. The van der Waals surface area contributed by atoms with E-state index in [1.54, 1.807) is 6.92 Å². The highest BCUT2D eigenvalue weighted by molar-refractivity contribution is 5.30. The second-order valence-corrected chi connectivity index (χ2v) is 3.29. The number of rotatable bonds is 5. The van der Waals surface area contributed by atoms with Gasteiger partial charge in [0.2, 0.25) is 11.8 Å². The summed E-state index contributed by atoms with van der Waals surface area (Å²) in [6, 6.07) is 1.48. The maximum atomic E-state index is 12.6. The van der Waals surface area contributed by atoms with Crippen LogP contribution in [0.5, 0.6) is 5.88 Å². The predicted molar refractivity (Wildman–Crippen MR) is 52.8 cm³/mol. The highest BCUT2D eigenvalue weighted by atomic mass is 19.3. The number of hydrogen-bond donors (Lipinski definition) is 1. The molecule has 0 saturated carbocycles. The van der Waals surface area contributed by atoms with Crippen molar-refractivity contribution in [3.63, 3.8) is 0 Å². The van der Waals surface area contributed by atoms with Crippen molar-refractivity contribution in [2.45, 2.75) is 19.3 Å². The second-order valence-electron chi connectivity index (χ2n) is 3.29. The Labute approximate surface area is 95.0 Å². The minimum Gasteiger partial charge on any atom is -0.481 e. The third-order valence-corrected chi connectivity index (χ3v) is 1.84. The van der Waals surface area contributed by atoms with Crippen molar-refractivity contribution in [3.8, 4) is 5.88 Å². The predicted octanol–water partition coefficient (Wildman–Crippen LogP) is 2.11. The minimum atomic E-state index is -4.12. The van der Waals surface area contributed by atoms with Crippen LogP contribution in [0.2, 0.25) is 0 Å². The van der Waals surface area contributed by atoms with Crippen molar-refractivity contribution in [2.75, 3.05) is 19.0 Å². The molecule has 0 saturated heterocycles. The highest BCUT2D eigenvalue weighted by Crippen LogP contribution is 2.23. The molecule has 4 nitrogen and oxygen atoms in total. The van der Waals surface area contributed by atoms with Gasteiger partial charge in [0.15, 0.2) is 0 Å². The van der Waals surface area contributed by atoms with Crippen LogP contribution in [0, 0.1) is 6.92 Å². The summed E-state index contributed by atoms with van der Waals surface area (Å²) in [5, 5.41) is 2.05. The van der Waals surface area contributed by atoms with Crippen LogP contribution >= 0.6 is 0 Å². The van der Waals surface area contributed by atoms with E-state index in [4.69, 9.17) is 4.74 Å². The van der Waals surface area contributed by atoms with Gasteiger partial charge in [-0.05, 0) is 6.92 Å². The summed E-state index contributed by atoms with van der Waals surface area (Å²) in [6.07, 6.45) is -3.73. The van der Waals surface area contributed by atoms with Crippen molar-refractivity contribution in [3.05, 3.63) is 11.8 Å². The van der Waals surface area contributed by atoms with E-state index in [1.165, 1.54) is 13.2 Å². The zero-order chi connectivity index (χ0) is 13.1. The van der Waals surface area contributed by atoms with Crippen molar-refractivity contribution >= 4 is 5.95 Å². The van der Waals surface area contributed by atoms with E-state index in [0.717, 1.165) is 0 Å². The monoisotopic (exact) mass is 253 g/mol. The summed E-state index contributed by atoms with van der Waals surface area (Å²) < 4.78 is 53.8. The smallest absolute Gasteiger partial charge is 0.324 e. The van der Waals surface area contributed by atoms with Crippen LogP contribution in [0.15, 0.2) is 6.07 Å². The third kappa shape index (κ3) is 3.72. The molecule has 96 valence electrons. The van der Waals surface area contributed by atoms with Crippen LogP contribution in [0.1, 0.15) is 5.69 Å². The number of nitrogens with one attached hydrogen (secondary N) is 1. The summed E-state index contributed by atoms with van der Waals surface area (Å²) in [7, 11) is 1.35. The fourth-order valence-electron chi connectivity index (χ4n) is 0.997. The molecule has 8 heteroatoms. The Morgan fingerprint density at radius 3 is 2.59 bits per heavy atom. The van der Waals surface area contributed by atoms with Gasteiger partial charge in [-0.1, -0.05) is 0 Å². The molecule has 1 rings (SSSR count). The molecule has 1 aromatic rings. The molecule has 1 aromatic heterocycles. The van der Waals surface area contributed by atoms with E-state index in [2.05, 4.69) is 9.97 Å². The molecular weight excluding hydrogens is 242 g/mol. The highest BCUT2D eigenvalue weighted by Gasteiger charge is 2.40. The SMILES string of the molecule is COc1cc(C)nc(NCC(F)(F)C(F)F)n1. The summed E-state index contributed by atoms with van der Waals surface area (Å²) in [6.45, 7) is 0.359. The molecule has 0 aliphatic rings. The Bertz CT molecular complexity index is 387. The molecule has 0 unspecified atom stereocenters. The normalized spacial score (nSPS) is 11.7. The van der Waals surface area contributed by atoms with Gasteiger partial charge in [-0.25, -0.2) is 13.8 Å². The topological polar surface area (TPSA) is 47.0 Å². The fraction of sp³-hybridized carbons (Fsp3) is 0.556. The molecule has 0 fully saturated rings. The lowest BCUT2D eigenvalue weighted by atomic mass is 10.3. The fourth-order valence-corrected chi connectivity index (χ4v) is 0.997. The number of aryl methyl sites for hydroxylation is 1. The Morgan fingerprint density at radius 1 is 1.41 bits per heavy atom. The Kier molecular flexibility index (Phi) is 4.08. The number of nitrogens with zero attached hydrogens (tertiary/aromatic N) is 2. The maximum Gasteiger partial charge on any atom is 0.324 e. The molecular formula is C9H11F4N3O. The van der Waals surface area contributed by atoms with E-state index in [0.29, 0.717) is 5.69 Å². The molecule has 0 amide bonds. The van der Waals surface area contributed by atoms with Crippen molar-refractivity contribution < 1.29 is 22.3 Å². The molecule has 0 spiro atoms. The first kappa shape index (κ1) is 13.5. The average molecular weight is 253 g/mol. The van der Waals surface area contributed by atoms with Crippen molar-refractivity contribution in [1.29, 1.82) is 0 Å². The van der Waals surface area contributed by atoms with Gasteiger partial charge in [0.05, 0.1) is 13.7 Å². The Balaban J connectivity index is 2.72. The van der Waals surface area contributed by atoms with Gasteiger partial charge in [-0.2, -0.15) is 13.8 Å². The first-order chi connectivity index (χ1) is 7.85. The van der Waals surface area contributed by atoms with E-state index in [9.17, 15) is 17.6 Å². The van der Waals surface area contributed by atoms with Gasteiger partial charge < -0.3 is 10.1 Å². The number of alkyl halides is 4. The van der Waals surface area contributed by atoms with Gasteiger partial charge in [0.25, 0.3) is 0 Å². The molecule has 0 aliphatic carbocycles. The maximum absolute atomic E-state index is 12.6. The van der Waals surface area contributed by atoms with Gasteiger partial charge in [0, 0.05) is 11.8 Å². The number of methoxy groups -OCH3 is 1. The first-order valence-electron chi connectivity index (χ1n) is 4.64. The Morgan fingerprint density at radius 2 is 2.06 bits per heavy atom. The molecule has 0 atom stereocenters. The third-order valence-electron chi connectivity index (χ3n) is 1.84. The zero-order valence-corrected chi connectivity index (χ0v) is 9.18. The minimum absolute atomic E-state index is 0.167. The lowest BCUT2D eigenvalue weighted by Gasteiger charge is -2.15. The van der Waals surface area contributed by atoms with Crippen LogP contribution in [-0.4, -0.2) is 36.0 Å². The van der Waals surface area contributed by atoms with E-state index in [-0.39, 0.29) is 11.8 Å². The number of ether oxygens (including phenoxy) is 1. The van der Waals surface area contributed by atoms with E-state index < -0.39 is 18.9 Å². The van der Waals surface area contributed by atoms with Crippen LogP contribution in [0.3, 0.4) is 0 Å². The second kappa shape index (κ2) is 5.15. The van der Waals surface area contributed by atoms with Gasteiger partial charge in [-0.15, -0.1) is 0 Å². The molecule has 1 N–H and O–H groups in total. The first-order valence-corrected chi connectivity index (χ1v) is 4.64. The van der Waals surface area contributed by atoms with Crippen LogP contribution < -0.4 is 10.1 Å². The Hall–Kier alpha value is -1.60. The standard InChI is InChI=1S/C9H11F4N3O/c1-5-3-6(17-2)16-8(15-5)14-4-9(12,13)7(10)11/h3,7H,4H2,1-2H3,(H,14,15,16). The summed E-state index contributed by atoms with van der Waals surface area (Å²) in [5.41, 5.74) is 0.472. The van der Waals surface area contributed by atoms with E-state index in [1.807, 2.05) is 5.32 Å². The molecule has 17 heavy (non-hydrogen) atoms. The van der Waals surface area contributed by atoms with Crippen molar-refractivity contribution in [2.24, 2.45) is 0 Å². The lowest BCUT2D eigenvalue weighted by molar-refractivity contribution is -0.117. The van der Waals surface area contributed by atoms with Crippen molar-refractivity contribution in [1.82, 2.24) is 9.97 Å². The molecule has 0 aliphatic heterocycles. The summed E-state index contributed by atoms with van der Waals surface area (Å²) in [4.78, 5) is 7.46. The largest absolute Gasteiger partial charge is 0.481 e. The number of halogens is 4. The summed E-state index contributed by atoms with van der Waals surface area (Å²) in [5.74, 6) is -4.14. The lowest BCUT2D eigenvalue weighted by Crippen LogP contribution is -2.35. The number of aromatic nitrogens is 2. The van der Waals surface area contributed by atoms with Gasteiger partial charge >= 0.3 is 12.3 Å². The molecule has 0 bridgehead atoms.